The molecular formula is C21H27N5O7. The van der Waals surface area contributed by atoms with Crippen molar-refractivity contribution in [1.82, 2.24) is 9.55 Å². The Kier molecular flexibility index (Phi) is 7.75. The van der Waals surface area contributed by atoms with Crippen molar-refractivity contribution < 1.29 is 24.0 Å². The monoisotopic (exact) mass is 461 g/mol. The number of non-ortho nitro benzene ring substituents is 1. The maximum atomic E-state index is 13.0. The fourth-order valence-corrected chi connectivity index (χ4v) is 2.80. The zero-order valence-corrected chi connectivity index (χ0v) is 19.3. The van der Waals surface area contributed by atoms with Crippen LogP contribution in [0.25, 0.3) is 11.3 Å². The van der Waals surface area contributed by atoms with Crippen LogP contribution in [-0.4, -0.2) is 45.3 Å². The highest BCUT2D eigenvalue weighted by Crippen LogP contribution is 2.28. The van der Waals surface area contributed by atoms with Crippen molar-refractivity contribution in [2.24, 2.45) is 0 Å². The van der Waals surface area contributed by atoms with E-state index in [0.717, 1.165) is 10.6 Å². The van der Waals surface area contributed by atoms with Crippen LogP contribution in [0, 0.1) is 10.1 Å². The minimum absolute atomic E-state index is 0.00943. The highest BCUT2D eigenvalue weighted by Gasteiger charge is 2.21. The van der Waals surface area contributed by atoms with Gasteiger partial charge in [0.2, 0.25) is 0 Å². The summed E-state index contributed by atoms with van der Waals surface area (Å²) in [5.41, 5.74) is -1.37. The van der Waals surface area contributed by atoms with Crippen LogP contribution in [0.1, 0.15) is 34.6 Å². The molecule has 2 aromatic rings. The molecule has 0 atom stereocenters. The number of aromatic nitrogens is 2. The number of hydrogen-bond acceptors (Lipinski definition) is 9. The topological polar surface area (TPSA) is 155 Å². The maximum Gasteiger partial charge on any atom is 0.412 e. The number of methoxy groups -OCH3 is 1. The molecule has 0 fully saturated rings. The second-order valence-electron chi connectivity index (χ2n) is 8.41. The number of benzene rings is 1. The zero-order chi connectivity index (χ0) is 24.9. The standard InChI is InChI=1S/C21H27N5O7/c1-12(2)23-18-19(28)25(11-17(27)32-6)16(10-22-18)13-7-14(9-15(8-13)26(30)31)24-20(29)33-21(3,4)5/h7-10,12H,11H2,1-6H3,(H,22,23)(H,24,29). The highest BCUT2D eigenvalue weighted by molar-refractivity contribution is 5.87. The fraction of sp³-hybridized carbons (Fsp3) is 0.429. The highest BCUT2D eigenvalue weighted by atomic mass is 16.6. The number of amides is 1. The summed E-state index contributed by atoms with van der Waals surface area (Å²) in [6.07, 6.45) is 0.501. The van der Waals surface area contributed by atoms with Crippen LogP contribution >= 0.6 is 0 Å². The molecule has 1 amide bonds. The van der Waals surface area contributed by atoms with Gasteiger partial charge in [0.25, 0.3) is 11.2 Å². The largest absolute Gasteiger partial charge is 0.468 e. The number of anilines is 2. The summed E-state index contributed by atoms with van der Waals surface area (Å²) in [5, 5.41) is 16.8. The summed E-state index contributed by atoms with van der Waals surface area (Å²) in [6.45, 7) is 8.21. The summed E-state index contributed by atoms with van der Waals surface area (Å²) in [4.78, 5) is 52.1. The molecule has 0 aliphatic carbocycles. The number of ether oxygens (including phenoxy) is 2. The molecule has 12 nitrogen and oxygen atoms in total. The van der Waals surface area contributed by atoms with Crippen LogP contribution in [-0.2, 0) is 20.8 Å². The van der Waals surface area contributed by atoms with Gasteiger partial charge in [-0.1, -0.05) is 0 Å². The molecule has 0 spiro atoms. The van der Waals surface area contributed by atoms with E-state index in [4.69, 9.17) is 4.74 Å². The van der Waals surface area contributed by atoms with E-state index >= 15 is 0 Å². The van der Waals surface area contributed by atoms with Gasteiger partial charge in [-0.25, -0.2) is 9.78 Å². The third-order valence-electron chi connectivity index (χ3n) is 4.06. The Morgan fingerprint density at radius 1 is 1.24 bits per heavy atom. The quantitative estimate of drug-likeness (QED) is 0.359. The molecule has 0 unspecified atom stereocenters. The summed E-state index contributed by atoms with van der Waals surface area (Å²) >= 11 is 0. The van der Waals surface area contributed by atoms with Crippen molar-refractivity contribution in [3.8, 4) is 11.3 Å². The molecule has 1 heterocycles. The van der Waals surface area contributed by atoms with E-state index in [-0.39, 0.29) is 34.5 Å². The third kappa shape index (κ3) is 7.02. The lowest BCUT2D eigenvalue weighted by Crippen LogP contribution is -2.31. The molecule has 178 valence electrons. The summed E-state index contributed by atoms with van der Waals surface area (Å²) in [6, 6.07) is 3.67. The SMILES string of the molecule is COC(=O)Cn1c(-c2cc(NC(=O)OC(C)(C)C)cc([N+](=O)[O-])c2)cnc(NC(C)C)c1=O. The Bertz CT molecular complexity index is 1120. The predicted octanol–water partition coefficient (Wildman–Crippen LogP) is 3.16. The van der Waals surface area contributed by atoms with E-state index in [1.807, 2.05) is 13.8 Å². The molecule has 0 aliphatic heterocycles. The molecule has 1 aromatic carbocycles. The molecule has 2 rings (SSSR count). The average Bonchev–Trinajstić information content (AvgIpc) is 2.68. The first-order valence-corrected chi connectivity index (χ1v) is 10.0. The molecule has 0 aliphatic rings. The number of nitro groups is 1. The Hall–Kier alpha value is -3.96. The number of nitrogens with one attached hydrogen (secondary N) is 2. The minimum atomic E-state index is -0.810. The molecule has 0 saturated heterocycles. The Morgan fingerprint density at radius 2 is 1.91 bits per heavy atom. The van der Waals surface area contributed by atoms with Gasteiger partial charge in [-0.3, -0.25) is 29.6 Å². The molecule has 33 heavy (non-hydrogen) atoms. The van der Waals surface area contributed by atoms with Gasteiger partial charge in [0.15, 0.2) is 5.82 Å². The van der Waals surface area contributed by atoms with Gasteiger partial charge in [-0.15, -0.1) is 0 Å². The number of nitro benzene ring substituents is 1. The van der Waals surface area contributed by atoms with Crippen LogP contribution < -0.4 is 16.2 Å². The molecule has 0 radical (unpaired) electrons. The van der Waals surface area contributed by atoms with E-state index in [1.54, 1.807) is 20.8 Å². The molecule has 1 aromatic heterocycles. The van der Waals surface area contributed by atoms with Crippen LogP contribution in [0.3, 0.4) is 0 Å². The molecule has 0 saturated carbocycles. The second-order valence-corrected chi connectivity index (χ2v) is 8.41. The van der Waals surface area contributed by atoms with Crippen LogP contribution in [0.4, 0.5) is 22.0 Å². The molecular weight excluding hydrogens is 434 g/mol. The smallest absolute Gasteiger partial charge is 0.412 e. The third-order valence-corrected chi connectivity index (χ3v) is 4.06. The zero-order valence-electron chi connectivity index (χ0n) is 19.3. The summed E-state index contributed by atoms with van der Waals surface area (Å²) < 4.78 is 11.0. The average molecular weight is 461 g/mol. The van der Waals surface area contributed by atoms with Crippen molar-refractivity contribution in [2.45, 2.75) is 52.8 Å². The van der Waals surface area contributed by atoms with Gasteiger partial charge < -0.3 is 14.8 Å². The molecule has 2 N–H and O–H groups in total. The molecule has 12 heteroatoms. The summed E-state index contributed by atoms with van der Waals surface area (Å²) in [5.74, 6) is -0.687. The van der Waals surface area contributed by atoms with E-state index in [9.17, 15) is 24.5 Å². The van der Waals surface area contributed by atoms with Crippen LogP contribution in [0.15, 0.2) is 29.2 Å². The lowest BCUT2D eigenvalue weighted by Gasteiger charge is -2.20. The first-order chi connectivity index (χ1) is 15.3. The second kappa shape index (κ2) is 10.1. The van der Waals surface area contributed by atoms with E-state index < -0.39 is 34.7 Å². The van der Waals surface area contributed by atoms with Gasteiger partial charge in [-0.2, -0.15) is 0 Å². The number of esters is 1. The van der Waals surface area contributed by atoms with Crippen molar-refractivity contribution in [3.05, 3.63) is 44.9 Å². The Balaban J connectivity index is 2.63. The van der Waals surface area contributed by atoms with E-state index in [2.05, 4.69) is 20.4 Å². The summed E-state index contributed by atoms with van der Waals surface area (Å²) in [7, 11) is 1.18. The first kappa shape index (κ1) is 25.3. The maximum absolute atomic E-state index is 13.0. The van der Waals surface area contributed by atoms with E-state index in [1.165, 1.54) is 25.4 Å². The van der Waals surface area contributed by atoms with E-state index in [0.29, 0.717) is 0 Å². The van der Waals surface area contributed by atoms with Crippen LogP contribution in [0.2, 0.25) is 0 Å². The van der Waals surface area contributed by atoms with Gasteiger partial charge >= 0.3 is 12.1 Å². The number of carbonyl (C=O) groups is 2. The van der Waals surface area contributed by atoms with Crippen molar-refractivity contribution in [1.29, 1.82) is 0 Å². The number of rotatable bonds is 7. The number of carbonyl (C=O) groups excluding carboxylic acids is 2. The van der Waals surface area contributed by atoms with Gasteiger partial charge in [0.05, 0.1) is 29.6 Å². The predicted molar refractivity (Wildman–Crippen MR) is 121 cm³/mol. The fourth-order valence-electron chi connectivity index (χ4n) is 2.80. The van der Waals surface area contributed by atoms with Crippen molar-refractivity contribution >= 4 is 29.3 Å². The first-order valence-electron chi connectivity index (χ1n) is 10.0. The van der Waals surface area contributed by atoms with Crippen molar-refractivity contribution in [2.75, 3.05) is 17.7 Å². The van der Waals surface area contributed by atoms with Crippen LogP contribution in [0.5, 0.6) is 0 Å². The lowest BCUT2D eigenvalue weighted by atomic mass is 10.1. The van der Waals surface area contributed by atoms with Crippen molar-refractivity contribution in [3.63, 3.8) is 0 Å². The van der Waals surface area contributed by atoms with Gasteiger partial charge in [-0.05, 0) is 40.7 Å². The molecule has 0 bridgehead atoms. The number of nitrogens with zero attached hydrogens (tertiary/aromatic N) is 3. The Morgan fingerprint density at radius 3 is 2.45 bits per heavy atom. The normalized spacial score (nSPS) is 11.1. The minimum Gasteiger partial charge on any atom is -0.468 e. The van der Waals surface area contributed by atoms with Gasteiger partial charge in [0, 0.05) is 23.7 Å². The van der Waals surface area contributed by atoms with Gasteiger partial charge in [0.1, 0.15) is 12.1 Å². The lowest BCUT2D eigenvalue weighted by molar-refractivity contribution is -0.384. The Labute approximate surface area is 190 Å². The number of hydrogen-bond donors (Lipinski definition) is 2.